The van der Waals surface area contributed by atoms with Crippen LogP contribution < -0.4 is 5.32 Å². The molecule has 0 spiro atoms. The normalized spacial score (nSPS) is 10.5. The predicted octanol–water partition coefficient (Wildman–Crippen LogP) is 2.86. The molecule has 0 aromatic carbocycles. The average Bonchev–Trinajstić information content (AvgIpc) is 2.98. The zero-order valence-electron chi connectivity index (χ0n) is 10.3. The van der Waals surface area contributed by atoms with Crippen LogP contribution in [0.1, 0.15) is 25.5 Å². The Morgan fingerprint density at radius 2 is 2.44 bits per heavy atom. The second kappa shape index (κ2) is 6.35. The fourth-order valence-corrected chi connectivity index (χ4v) is 2.23. The van der Waals surface area contributed by atoms with E-state index >= 15 is 0 Å². The highest BCUT2D eigenvalue weighted by molar-refractivity contribution is 7.13. The van der Waals surface area contributed by atoms with Gasteiger partial charge in [0.15, 0.2) is 5.76 Å². The summed E-state index contributed by atoms with van der Waals surface area (Å²) in [6.07, 6.45) is 2.36. The number of nitrogens with one attached hydrogen (secondary N) is 1. The van der Waals surface area contributed by atoms with Gasteiger partial charge in [0, 0.05) is 12.6 Å². The van der Waals surface area contributed by atoms with Crippen LogP contribution in [0.15, 0.2) is 28.1 Å². The van der Waals surface area contributed by atoms with Gasteiger partial charge in [0.05, 0.1) is 17.0 Å². The smallest absolute Gasteiger partial charge is 0.226 e. The summed E-state index contributed by atoms with van der Waals surface area (Å²) < 4.78 is 5.22. The molecule has 2 heterocycles. The zero-order chi connectivity index (χ0) is 12.8. The lowest BCUT2D eigenvalue weighted by Gasteiger charge is -2.01. The van der Waals surface area contributed by atoms with Gasteiger partial charge >= 0.3 is 0 Å². The van der Waals surface area contributed by atoms with Gasteiger partial charge in [-0.2, -0.15) is 0 Å². The van der Waals surface area contributed by atoms with Gasteiger partial charge in [-0.15, -0.1) is 11.3 Å². The van der Waals surface area contributed by atoms with Crippen LogP contribution in [0.25, 0.3) is 10.6 Å². The molecule has 0 aliphatic heterocycles. The lowest BCUT2D eigenvalue weighted by atomic mass is 10.2. The first-order valence-corrected chi connectivity index (χ1v) is 6.93. The first-order chi connectivity index (χ1) is 8.79. The summed E-state index contributed by atoms with van der Waals surface area (Å²) in [6.45, 7) is 2.82. The van der Waals surface area contributed by atoms with Gasteiger partial charge in [0.2, 0.25) is 5.91 Å². The monoisotopic (exact) mass is 264 g/mol. The van der Waals surface area contributed by atoms with Crippen LogP contribution in [0.3, 0.4) is 0 Å². The van der Waals surface area contributed by atoms with Crippen LogP contribution in [0.5, 0.6) is 0 Å². The van der Waals surface area contributed by atoms with Crippen molar-refractivity contribution in [3.63, 3.8) is 0 Å². The van der Waals surface area contributed by atoms with Gasteiger partial charge in [0.1, 0.15) is 0 Å². The minimum Gasteiger partial charge on any atom is -0.356 e. The fourth-order valence-electron chi connectivity index (χ4n) is 1.56. The fraction of sp³-hybridized carbons (Fsp3) is 0.385. The highest BCUT2D eigenvalue weighted by atomic mass is 32.1. The largest absolute Gasteiger partial charge is 0.356 e. The molecule has 18 heavy (non-hydrogen) atoms. The molecule has 4 nitrogen and oxygen atoms in total. The number of hydrogen-bond donors (Lipinski definition) is 1. The Labute approximate surface area is 110 Å². The summed E-state index contributed by atoms with van der Waals surface area (Å²) in [5.41, 5.74) is 0.674. The van der Waals surface area contributed by atoms with Crippen molar-refractivity contribution in [2.45, 2.75) is 26.2 Å². The van der Waals surface area contributed by atoms with Crippen molar-refractivity contribution >= 4 is 17.2 Å². The quantitative estimate of drug-likeness (QED) is 0.816. The summed E-state index contributed by atoms with van der Waals surface area (Å²) in [6, 6.07) is 5.75. The molecule has 0 radical (unpaired) electrons. The SMILES string of the molecule is CCCCNC(=O)Cc1cc(-c2cccs2)on1. The van der Waals surface area contributed by atoms with Crippen molar-refractivity contribution in [3.05, 3.63) is 29.3 Å². The van der Waals surface area contributed by atoms with E-state index in [9.17, 15) is 4.79 Å². The van der Waals surface area contributed by atoms with Gasteiger partial charge in [-0.3, -0.25) is 4.79 Å². The Morgan fingerprint density at radius 3 is 3.17 bits per heavy atom. The van der Waals surface area contributed by atoms with Gasteiger partial charge < -0.3 is 9.84 Å². The highest BCUT2D eigenvalue weighted by Crippen LogP contribution is 2.25. The Bertz CT molecular complexity index is 491. The third kappa shape index (κ3) is 3.43. The van der Waals surface area contributed by atoms with Crippen LogP contribution in [0, 0.1) is 0 Å². The first-order valence-electron chi connectivity index (χ1n) is 6.05. The minimum absolute atomic E-state index is 0.00511. The van der Waals surface area contributed by atoms with Crippen molar-refractivity contribution in [1.29, 1.82) is 0 Å². The Kier molecular flexibility index (Phi) is 4.52. The van der Waals surface area contributed by atoms with E-state index in [2.05, 4.69) is 17.4 Å². The summed E-state index contributed by atoms with van der Waals surface area (Å²) in [5.74, 6) is 0.718. The second-order valence-electron chi connectivity index (χ2n) is 4.04. The van der Waals surface area contributed by atoms with Gasteiger partial charge in [-0.25, -0.2) is 0 Å². The molecule has 1 N–H and O–H groups in total. The molecule has 0 saturated carbocycles. The summed E-state index contributed by atoms with van der Waals surface area (Å²) in [5, 5.41) is 8.75. The topological polar surface area (TPSA) is 55.1 Å². The number of aromatic nitrogens is 1. The van der Waals surface area contributed by atoms with E-state index in [1.165, 1.54) is 0 Å². The molecule has 2 aromatic heterocycles. The molecule has 0 saturated heterocycles. The molecule has 2 rings (SSSR count). The van der Waals surface area contributed by atoms with Crippen molar-refractivity contribution in [1.82, 2.24) is 10.5 Å². The van der Waals surface area contributed by atoms with E-state index < -0.39 is 0 Å². The molecule has 0 bridgehead atoms. The summed E-state index contributed by atoms with van der Waals surface area (Å²) >= 11 is 1.59. The molecule has 0 aliphatic rings. The molecule has 0 unspecified atom stereocenters. The van der Waals surface area contributed by atoms with E-state index in [1.807, 2.05) is 23.6 Å². The molecular weight excluding hydrogens is 248 g/mol. The number of nitrogens with zero attached hydrogens (tertiary/aromatic N) is 1. The zero-order valence-corrected chi connectivity index (χ0v) is 11.1. The summed E-state index contributed by atoms with van der Waals surface area (Å²) in [4.78, 5) is 12.6. The van der Waals surface area contributed by atoms with E-state index in [1.54, 1.807) is 11.3 Å². The molecule has 0 fully saturated rings. The van der Waals surface area contributed by atoms with Crippen molar-refractivity contribution in [2.24, 2.45) is 0 Å². The van der Waals surface area contributed by atoms with Crippen LogP contribution in [-0.2, 0) is 11.2 Å². The molecular formula is C13H16N2O2S. The lowest BCUT2D eigenvalue weighted by molar-refractivity contribution is -0.120. The van der Waals surface area contributed by atoms with E-state index in [0.29, 0.717) is 5.69 Å². The molecule has 0 atom stereocenters. The lowest BCUT2D eigenvalue weighted by Crippen LogP contribution is -2.26. The number of carbonyl (C=O) groups excluding carboxylic acids is 1. The Morgan fingerprint density at radius 1 is 1.56 bits per heavy atom. The maximum atomic E-state index is 11.6. The second-order valence-corrected chi connectivity index (χ2v) is 4.99. The standard InChI is InChI=1S/C13H16N2O2S/c1-2-3-6-14-13(16)9-10-8-11(17-15-10)12-5-4-7-18-12/h4-5,7-8H,2-3,6,9H2,1H3,(H,14,16). The van der Waals surface area contributed by atoms with Crippen LogP contribution in [-0.4, -0.2) is 17.6 Å². The third-order valence-corrected chi connectivity index (χ3v) is 3.40. The highest BCUT2D eigenvalue weighted by Gasteiger charge is 2.10. The Balaban J connectivity index is 1.89. The molecule has 2 aromatic rings. The summed E-state index contributed by atoms with van der Waals surface area (Å²) in [7, 11) is 0. The van der Waals surface area contributed by atoms with Crippen molar-refractivity contribution < 1.29 is 9.32 Å². The van der Waals surface area contributed by atoms with Gasteiger partial charge in [-0.05, 0) is 17.9 Å². The molecule has 0 aliphatic carbocycles. The number of rotatable bonds is 6. The molecule has 1 amide bonds. The van der Waals surface area contributed by atoms with Crippen molar-refractivity contribution in [2.75, 3.05) is 6.54 Å². The number of hydrogen-bond acceptors (Lipinski definition) is 4. The number of carbonyl (C=O) groups is 1. The van der Waals surface area contributed by atoms with Crippen LogP contribution in [0.2, 0.25) is 0 Å². The molecule has 5 heteroatoms. The van der Waals surface area contributed by atoms with Crippen LogP contribution in [0.4, 0.5) is 0 Å². The first kappa shape index (κ1) is 12.8. The van der Waals surface area contributed by atoms with E-state index in [0.717, 1.165) is 30.0 Å². The van der Waals surface area contributed by atoms with Gasteiger partial charge in [-0.1, -0.05) is 24.6 Å². The number of amides is 1. The molecule has 96 valence electrons. The predicted molar refractivity (Wildman–Crippen MR) is 71.4 cm³/mol. The maximum Gasteiger partial charge on any atom is 0.226 e. The number of thiophene rings is 1. The minimum atomic E-state index is -0.00511. The van der Waals surface area contributed by atoms with Gasteiger partial charge in [0.25, 0.3) is 0 Å². The number of unbranched alkanes of at least 4 members (excludes halogenated alkanes) is 1. The van der Waals surface area contributed by atoms with E-state index in [-0.39, 0.29) is 12.3 Å². The maximum absolute atomic E-state index is 11.6. The van der Waals surface area contributed by atoms with E-state index in [4.69, 9.17) is 4.52 Å². The Hall–Kier alpha value is -1.62. The average molecular weight is 264 g/mol. The third-order valence-electron chi connectivity index (χ3n) is 2.52. The van der Waals surface area contributed by atoms with Crippen molar-refractivity contribution in [3.8, 4) is 10.6 Å². The van der Waals surface area contributed by atoms with Crippen LogP contribution >= 0.6 is 11.3 Å².